The van der Waals surface area contributed by atoms with Crippen molar-refractivity contribution in [2.24, 2.45) is 0 Å². The Bertz CT molecular complexity index is 1120. The molecular weight excluding hydrogens is 464 g/mol. The van der Waals surface area contributed by atoms with Crippen molar-refractivity contribution in [3.05, 3.63) is 46.7 Å². The molecule has 2 saturated heterocycles. The van der Waals surface area contributed by atoms with Crippen molar-refractivity contribution in [3.8, 4) is 0 Å². The van der Waals surface area contributed by atoms with E-state index in [9.17, 15) is 9.59 Å². The molecule has 3 fully saturated rings. The molecule has 9 heteroatoms. The second kappa shape index (κ2) is 9.06. The highest BCUT2D eigenvalue weighted by Gasteiger charge is 2.46. The van der Waals surface area contributed by atoms with Crippen molar-refractivity contribution in [2.45, 2.75) is 69.0 Å². The lowest BCUT2D eigenvalue weighted by Gasteiger charge is -2.44. The van der Waals surface area contributed by atoms with Gasteiger partial charge in [0.05, 0.1) is 5.92 Å². The number of amides is 2. The number of halogens is 1. The fraction of sp³-hybridized carbons (Fsp3) is 0.538. The van der Waals surface area contributed by atoms with Gasteiger partial charge in [0.2, 0.25) is 11.8 Å². The zero-order valence-corrected chi connectivity index (χ0v) is 20.7. The van der Waals surface area contributed by atoms with E-state index in [1.54, 1.807) is 0 Å². The quantitative estimate of drug-likeness (QED) is 0.640. The number of nitrogens with one attached hydrogen (secondary N) is 2. The summed E-state index contributed by atoms with van der Waals surface area (Å²) in [6.45, 7) is 4.20. The van der Waals surface area contributed by atoms with E-state index in [4.69, 9.17) is 11.6 Å². The Hall–Kier alpha value is -2.71. The number of hydrogen-bond donors (Lipinski definition) is 2. The van der Waals surface area contributed by atoms with E-state index in [0.717, 1.165) is 42.9 Å². The van der Waals surface area contributed by atoms with Crippen LogP contribution in [-0.2, 0) is 9.59 Å². The lowest BCUT2D eigenvalue weighted by Crippen LogP contribution is -2.58. The lowest BCUT2D eigenvalue weighted by atomic mass is 9.93. The highest BCUT2D eigenvalue weighted by molar-refractivity contribution is 6.30. The number of carbonyl (C=O) groups is 2. The van der Waals surface area contributed by atoms with E-state index >= 15 is 0 Å². The zero-order chi connectivity index (χ0) is 24.1. The maximum Gasteiger partial charge on any atom is 0.232 e. The number of benzene rings is 1. The smallest absolute Gasteiger partial charge is 0.232 e. The van der Waals surface area contributed by atoms with Gasteiger partial charge in [0.25, 0.3) is 0 Å². The van der Waals surface area contributed by atoms with E-state index in [1.807, 2.05) is 24.3 Å². The zero-order valence-electron chi connectivity index (χ0n) is 19.9. The Morgan fingerprint density at radius 2 is 1.86 bits per heavy atom. The summed E-state index contributed by atoms with van der Waals surface area (Å²) in [7, 11) is 0. The molecule has 2 aromatic rings. The highest BCUT2D eigenvalue weighted by Crippen LogP contribution is 2.40. The monoisotopic (exact) mass is 494 g/mol. The molecule has 0 spiro atoms. The van der Waals surface area contributed by atoms with Gasteiger partial charge in [0.1, 0.15) is 18.0 Å². The summed E-state index contributed by atoms with van der Waals surface area (Å²) in [5, 5.41) is 7.16. The average Bonchev–Trinajstić information content (AvgIpc) is 3.63. The molecule has 2 unspecified atom stereocenters. The average molecular weight is 495 g/mol. The molecule has 6 rings (SSSR count). The Kier molecular flexibility index (Phi) is 5.89. The van der Waals surface area contributed by atoms with Crippen LogP contribution in [-0.4, -0.2) is 64.4 Å². The lowest BCUT2D eigenvalue weighted by molar-refractivity contribution is -0.136. The molecule has 2 bridgehead atoms. The van der Waals surface area contributed by atoms with Gasteiger partial charge in [-0.25, -0.2) is 9.97 Å². The van der Waals surface area contributed by atoms with Gasteiger partial charge < -0.3 is 20.4 Å². The van der Waals surface area contributed by atoms with Crippen molar-refractivity contribution >= 4 is 35.1 Å². The highest BCUT2D eigenvalue weighted by atomic mass is 35.5. The third kappa shape index (κ3) is 4.38. The molecule has 8 nitrogen and oxygen atoms in total. The van der Waals surface area contributed by atoms with Crippen molar-refractivity contribution in [2.75, 3.05) is 29.9 Å². The maximum atomic E-state index is 14.0. The molecule has 35 heavy (non-hydrogen) atoms. The van der Waals surface area contributed by atoms with E-state index in [-0.39, 0.29) is 35.7 Å². The SMILES string of the molecule is C[C@@H]1CC(=O)Nc2ncnc(N3CC4CCC(C3)N4C(=O)[C@H](CNC3CC3)c3ccc(Cl)cc3)c21. The number of carbonyl (C=O) groups excluding carboxylic acids is 2. The first-order valence-electron chi connectivity index (χ1n) is 12.7. The number of aromatic nitrogens is 2. The van der Waals surface area contributed by atoms with Crippen LogP contribution in [0, 0.1) is 0 Å². The second-order valence-corrected chi connectivity index (χ2v) is 10.9. The molecule has 1 saturated carbocycles. The molecule has 3 aliphatic heterocycles. The molecular formula is C26H31ClN6O2. The third-order valence-electron chi connectivity index (χ3n) is 7.90. The van der Waals surface area contributed by atoms with Crippen LogP contribution in [0.25, 0.3) is 0 Å². The summed E-state index contributed by atoms with van der Waals surface area (Å²) in [5.41, 5.74) is 2.03. The van der Waals surface area contributed by atoms with Gasteiger partial charge in [-0.15, -0.1) is 0 Å². The first-order valence-corrected chi connectivity index (χ1v) is 13.1. The van der Waals surface area contributed by atoms with Crippen molar-refractivity contribution in [1.29, 1.82) is 0 Å². The topological polar surface area (TPSA) is 90.5 Å². The normalized spacial score (nSPS) is 26.3. The van der Waals surface area contributed by atoms with Crippen LogP contribution in [0.4, 0.5) is 11.6 Å². The Morgan fingerprint density at radius 1 is 1.14 bits per heavy atom. The predicted octanol–water partition coefficient (Wildman–Crippen LogP) is 3.29. The minimum Gasteiger partial charge on any atom is -0.352 e. The van der Waals surface area contributed by atoms with Crippen LogP contribution in [0.3, 0.4) is 0 Å². The standard InChI is InChI=1S/C26H31ClN6O2/c1-15-10-22(34)31-24-23(15)25(30-14-29-24)32-12-19-8-9-20(13-32)33(19)26(35)21(11-28-18-6-7-18)16-2-4-17(27)5-3-16/h2-5,14-15,18-21,28H,6-13H2,1H3,(H,29,30,31,34)/t15-,19?,20?,21-/m1/s1. The molecule has 4 heterocycles. The van der Waals surface area contributed by atoms with Gasteiger partial charge in [-0.1, -0.05) is 30.7 Å². The summed E-state index contributed by atoms with van der Waals surface area (Å²) >= 11 is 6.13. The molecule has 4 aliphatic rings. The van der Waals surface area contributed by atoms with Gasteiger partial charge in [0, 0.05) is 54.8 Å². The van der Waals surface area contributed by atoms with Crippen LogP contribution < -0.4 is 15.5 Å². The van der Waals surface area contributed by atoms with Crippen molar-refractivity contribution in [3.63, 3.8) is 0 Å². The molecule has 4 atom stereocenters. The molecule has 0 radical (unpaired) electrons. The molecule has 2 amide bonds. The summed E-state index contributed by atoms with van der Waals surface area (Å²) < 4.78 is 0. The fourth-order valence-corrected chi connectivity index (χ4v) is 6.11. The number of piperazine rings is 1. The van der Waals surface area contributed by atoms with Crippen LogP contribution in [0.15, 0.2) is 30.6 Å². The second-order valence-electron chi connectivity index (χ2n) is 10.4. The van der Waals surface area contributed by atoms with E-state index in [0.29, 0.717) is 29.8 Å². The van der Waals surface area contributed by atoms with Crippen LogP contribution in [0.5, 0.6) is 0 Å². The van der Waals surface area contributed by atoms with Crippen LogP contribution in [0.1, 0.15) is 62.0 Å². The number of rotatable bonds is 6. The first kappa shape index (κ1) is 22.7. The van der Waals surface area contributed by atoms with Crippen LogP contribution >= 0.6 is 11.6 Å². The summed E-state index contributed by atoms with van der Waals surface area (Å²) in [5.74, 6) is 1.57. The van der Waals surface area contributed by atoms with Crippen molar-refractivity contribution in [1.82, 2.24) is 20.2 Å². The first-order chi connectivity index (χ1) is 17.0. The fourth-order valence-electron chi connectivity index (χ4n) is 5.99. The Morgan fingerprint density at radius 3 is 2.54 bits per heavy atom. The number of nitrogens with zero attached hydrogens (tertiary/aromatic N) is 4. The Labute approximate surface area is 210 Å². The van der Waals surface area contributed by atoms with Crippen LogP contribution in [0.2, 0.25) is 5.02 Å². The third-order valence-corrected chi connectivity index (χ3v) is 8.15. The maximum absolute atomic E-state index is 14.0. The van der Waals surface area contributed by atoms with Gasteiger partial charge >= 0.3 is 0 Å². The Balaban J connectivity index is 1.24. The molecule has 1 aliphatic carbocycles. The van der Waals surface area contributed by atoms with E-state index in [2.05, 4.69) is 37.3 Å². The van der Waals surface area contributed by atoms with E-state index in [1.165, 1.54) is 19.2 Å². The van der Waals surface area contributed by atoms with E-state index < -0.39 is 0 Å². The minimum absolute atomic E-state index is 0.00168. The molecule has 2 N–H and O–H groups in total. The molecule has 184 valence electrons. The van der Waals surface area contributed by atoms with Crippen molar-refractivity contribution < 1.29 is 9.59 Å². The number of anilines is 2. The summed E-state index contributed by atoms with van der Waals surface area (Å²) in [6.07, 6.45) is 6.34. The minimum atomic E-state index is -0.218. The number of hydrogen-bond acceptors (Lipinski definition) is 6. The van der Waals surface area contributed by atoms with Gasteiger partial charge in [-0.05, 0) is 49.3 Å². The van der Waals surface area contributed by atoms with Gasteiger partial charge in [-0.3, -0.25) is 9.59 Å². The molecule has 1 aromatic carbocycles. The summed E-state index contributed by atoms with van der Waals surface area (Å²) in [4.78, 5) is 39.4. The van der Waals surface area contributed by atoms with Gasteiger partial charge in [-0.2, -0.15) is 0 Å². The molecule has 1 aromatic heterocycles. The summed E-state index contributed by atoms with van der Waals surface area (Å²) in [6, 6.07) is 8.56. The number of fused-ring (bicyclic) bond motifs is 3. The van der Waals surface area contributed by atoms with Gasteiger partial charge in [0.15, 0.2) is 0 Å². The predicted molar refractivity (Wildman–Crippen MR) is 135 cm³/mol. The largest absolute Gasteiger partial charge is 0.352 e.